The van der Waals surface area contributed by atoms with Crippen LogP contribution in [0.1, 0.15) is 48.6 Å². The first-order chi connectivity index (χ1) is 17.5. The zero-order valence-electron chi connectivity index (χ0n) is 19.9. The number of furan rings is 1. The van der Waals surface area contributed by atoms with Gasteiger partial charge < -0.3 is 9.52 Å². The van der Waals surface area contributed by atoms with Crippen LogP contribution in [0.3, 0.4) is 0 Å². The lowest BCUT2D eigenvalue weighted by molar-refractivity contribution is -0.137. The molecule has 3 heterocycles. The highest BCUT2D eigenvalue weighted by Crippen LogP contribution is 2.39. The van der Waals surface area contributed by atoms with Crippen LogP contribution in [0.5, 0.6) is 0 Å². The maximum atomic E-state index is 13.3. The number of aryl methyl sites for hydroxylation is 1. The normalized spacial score (nSPS) is 15.2. The van der Waals surface area contributed by atoms with Crippen LogP contribution in [0.25, 0.3) is 16.9 Å². The summed E-state index contributed by atoms with van der Waals surface area (Å²) >= 11 is 0. The van der Waals surface area contributed by atoms with Crippen molar-refractivity contribution in [3.05, 3.63) is 96.1 Å². The zero-order chi connectivity index (χ0) is 25.1. The van der Waals surface area contributed by atoms with E-state index in [9.17, 15) is 9.59 Å². The molecule has 0 saturated heterocycles. The van der Waals surface area contributed by atoms with Crippen LogP contribution in [0.2, 0.25) is 0 Å². The molecule has 8 nitrogen and oxygen atoms in total. The van der Waals surface area contributed by atoms with Gasteiger partial charge in [0.25, 0.3) is 0 Å². The van der Waals surface area contributed by atoms with Gasteiger partial charge in [0.1, 0.15) is 11.5 Å². The molecule has 1 atom stereocenters. The van der Waals surface area contributed by atoms with Gasteiger partial charge in [-0.05, 0) is 37.6 Å². The highest BCUT2D eigenvalue weighted by atomic mass is 16.4. The number of nitrogens with zero attached hydrogens (tertiary/aromatic N) is 4. The number of benzene rings is 2. The molecular weight excluding hydrogens is 456 g/mol. The minimum absolute atomic E-state index is 0.0699. The lowest BCUT2D eigenvalue weighted by Gasteiger charge is -2.22. The van der Waals surface area contributed by atoms with E-state index in [0.29, 0.717) is 17.9 Å². The topological polar surface area (TPSA) is 101 Å². The van der Waals surface area contributed by atoms with Crippen molar-refractivity contribution < 1.29 is 19.1 Å². The molecule has 4 aromatic rings. The Bertz CT molecular complexity index is 1390. The highest BCUT2D eigenvalue weighted by Gasteiger charge is 2.36. The number of hydrogen-bond acceptors (Lipinski definition) is 5. The van der Waals surface area contributed by atoms with Crippen molar-refractivity contribution in [3.8, 4) is 16.9 Å². The molecule has 1 aliphatic heterocycles. The number of carboxylic acid groups (broad SMARTS) is 1. The largest absolute Gasteiger partial charge is 0.481 e. The molecule has 36 heavy (non-hydrogen) atoms. The summed E-state index contributed by atoms with van der Waals surface area (Å²) in [5.41, 5.74) is 5.28. The Balaban J connectivity index is 1.56. The van der Waals surface area contributed by atoms with E-state index in [2.05, 4.69) is 5.10 Å². The third kappa shape index (κ3) is 4.84. The molecule has 2 aromatic heterocycles. The van der Waals surface area contributed by atoms with Gasteiger partial charge in [0.15, 0.2) is 0 Å². The molecule has 5 rings (SSSR count). The molecule has 1 aliphatic rings. The SMILES string of the molecule is Cc1ccc(-c2nn(-c3ccccc3)cc2[C@@H]2CC(c3ccco3)=NN2C(=O)CCCC(=O)O)cc1. The monoisotopic (exact) mass is 482 g/mol. The number of carbonyl (C=O) groups is 2. The predicted octanol–water partition coefficient (Wildman–Crippen LogP) is 5.37. The number of carboxylic acids is 1. The number of hydrogen-bond donors (Lipinski definition) is 1. The first-order valence-corrected chi connectivity index (χ1v) is 11.9. The number of amides is 1. The highest BCUT2D eigenvalue weighted by molar-refractivity contribution is 6.01. The third-order valence-corrected chi connectivity index (χ3v) is 6.20. The van der Waals surface area contributed by atoms with Gasteiger partial charge in [-0.25, -0.2) is 9.69 Å². The van der Waals surface area contributed by atoms with Gasteiger partial charge in [-0.15, -0.1) is 0 Å². The molecule has 8 heteroatoms. The van der Waals surface area contributed by atoms with E-state index in [-0.39, 0.29) is 25.2 Å². The van der Waals surface area contributed by atoms with Gasteiger partial charge in [-0.3, -0.25) is 9.59 Å². The lowest BCUT2D eigenvalue weighted by Crippen LogP contribution is -2.27. The van der Waals surface area contributed by atoms with Crippen molar-refractivity contribution in [2.75, 3.05) is 0 Å². The molecule has 1 N–H and O–H groups in total. The van der Waals surface area contributed by atoms with Gasteiger partial charge in [0.05, 0.1) is 23.7 Å². The fourth-order valence-electron chi connectivity index (χ4n) is 4.36. The predicted molar refractivity (Wildman–Crippen MR) is 135 cm³/mol. The summed E-state index contributed by atoms with van der Waals surface area (Å²) in [6.07, 6.45) is 4.25. The van der Waals surface area contributed by atoms with E-state index in [1.807, 2.05) is 78.5 Å². The molecule has 0 bridgehead atoms. The molecule has 1 amide bonds. The van der Waals surface area contributed by atoms with E-state index in [1.165, 1.54) is 5.01 Å². The van der Waals surface area contributed by atoms with E-state index < -0.39 is 12.0 Å². The van der Waals surface area contributed by atoms with Crippen LogP contribution in [0.4, 0.5) is 0 Å². The van der Waals surface area contributed by atoms with Crippen molar-refractivity contribution in [2.45, 2.75) is 38.6 Å². The van der Waals surface area contributed by atoms with Gasteiger partial charge in [0.2, 0.25) is 5.91 Å². The second kappa shape index (κ2) is 10.0. The summed E-state index contributed by atoms with van der Waals surface area (Å²) in [5.74, 6) is -0.551. The summed E-state index contributed by atoms with van der Waals surface area (Å²) in [7, 11) is 0. The Morgan fingerprint density at radius 1 is 1.03 bits per heavy atom. The van der Waals surface area contributed by atoms with E-state index in [1.54, 1.807) is 12.3 Å². The first kappa shape index (κ1) is 23.3. The smallest absolute Gasteiger partial charge is 0.303 e. The van der Waals surface area contributed by atoms with Crippen molar-refractivity contribution in [3.63, 3.8) is 0 Å². The van der Waals surface area contributed by atoms with Crippen LogP contribution in [0, 0.1) is 6.92 Å². The number of carbonyl (C=O) groups excluding carboxylic acids is 1. The van der Waals surface area contributed by atoms with Crippen LogP contribution in [-0.4, -0.2) is 37.5 Å². The Hall–Kier alpha value is -4.46. The van der Waals surface area contributed by atoms with Crippen LogP contribution < -0.4 is 0 Å². The Kier molecular flexibility index (Phi) is 6.49. The standard InChI is InChI=1S/C28H26N4O4/c1-19-12-14-20(15-13-19)28-22(18-31(30-28)21-7-3-2-4-8-21)24-17-23(25-9-6-16-36-25)29-32(24)26(33)10-5-11-27(34)35/h2-4,6-9,12-16,18,24H,5,10-11,17H2,1H3,(H,34,35)/t24-/m0/s1. The second-order valence-corrected chi connectivity index (χ2v) is 8.81. The van der Waals surface area contributed by atoms with Gasteiger partial charge in [0, 0.05) is 36.6 Å². The molecule has 2 aromatic carbocycles. The number of rotatable bonds is 8. The third-order valence-electron chi connectivity index (χ3n) is 6.20. The first-order valence-electron chi connectivity index (χ1n) is 11.9. The minimum Gasteiger partial charge on any atom is -0.481 e. The quantitative estimate of drug-likeness (QED) is 0.364. The average Bonchev–Trinajstić information content (AvgIpc) is 3.64. The molecule has 0 radical (unpaired) electrons. The van der Waals surface area contributed by atoms with E-state index in [0.717, 1.165) is 28.1 Å². The molecule has 0 unspecified atom stereocenters. The summed E-state index contributed by atoms with van der Waals surface area (Å²) in [4.78, 5) is 24.2. The Morgan fingerprint density at radius 3 is 2.50 bits per heavy atom. The maximum Gasteiger partial charge on any atom is 0.303 e. The lowest BCUT2D eigenvalue weighted by atomic mass is 9.97. The minimum atomic E-state index is -0.925. The maximum absolute atomic E-state index is 13.3. The summed E-state index contributed by atoms with van der Waals surface area (Å²) in [5, 5.41) is 20.0. The Morgan fingerprint density at radius 2 is 1.81 bits per heavy atom. The number of para-hydroxylation sites is 1. The van der Waals surface area contributed by atoms with Crippen molar-refractivity contribution in [2.24, 2.45) is 5.10 Å². The molecule has 0 spiro atoms. The average molecular weight is 483 g/mol. The van der Waals surface area contributed by atoms with E-state index in [4.69, 9.17) is 14.6 Å². The van der Waals surface area contributed by atoms with Crippen LogP contribution in [-0.2, 0) is 9.59 Å². The zero-order valence-corrected chi connectivity index (χ0v) is 19.9. The van der Waals surface area contributed by atoms with Gasteiger partial charge >= 0.3 is 5.97 Å². The number of aromatic nitrogens is 2. The summed E-state index contributed by atoms with van der Waals surface area (Å²) < 4.78 is 7.40. The van der Waals surface area contributed by atoms with Crippen LogP contribution >= 0.6 is 0 Å². The van der Waals surface area contributed by atoms with Crippen molar-refractivity contribution in [1.82, 2.24) is 14.8 Å². The fourth-order valence-corrected chi connectivity index (χ4v) is 4.36. The molecule has 182 valence electrons. The molecule has 0 saturated carbocycles. The van der Waals surface area contributed by atoms with Crippen LogP contribution in [0.15, 0.2) is 88.7 Å². The molecule has 0 fully saturated rings. The Labute approximate surface area is 208 Å². The van der Waals surface area contributed by atoms with Crippen molar-refractivity contribution in [1.29, 1.82) is 0 Å². The summed E-state index contributed by atoms with van der Waals surface area (Å²) in [6, 6.07) is 21.1. The fraction of sp³-hybridized carbons (Fsp3) is 0.214. The van der Waals surface area contributed by atoms with Crippen molar-refractivity contribution >= 4 is 17.6 Å². The summed E-state index contributed by atoms with van der Waals surface area (Å²) in [6.45, 7) is 2.03. The van der Waals surface area contributed by atoms with Gasteiger partial charge in [-0.2, -0.15) is 10.2 Å². The van der Waals surface area contributed by atoms with E-state index >= 15 is 0 Å². The molecular formula is C28H26N4O4. The second-order valence-electron chi connectivity index (χ2n) is 8.81. The number of aliphatic carboxylic acids is 1. The number of hydrazone groups is 1. The van der Waals surface area contributed by atoms with Gasteiger partial charge in [-0.1, -0.05) is 48.0 Å². The molecule has 0 aliphatic carbocycles.